The molecule has 1 saturated heterocycles. The fourth-order valence-corrected chi connectivity index (χ4v) is 9.80. The predicted octanol–water partition coefficient (Wildman–Crippen LogP) is -1.74. The van der Waals surface area contributed by atoms with E-state index in [9.17, 15) is 53.7 Å². The van der Waals surface area contributed by atoms with Gasteiger partial charge in [0.15, 0.2) is 0 Å². The Morgan fingerprint density at radius 2 is 1.32 bits per heavy atom. The fourth-order valence-electron chi connectivity index (χ4n) is 6.98. The quantitative estimate of drug-likeness (QED) is 0.0560. The van der Waals surface area contributed by atoms with Crippen LogP contribution in [0.1, 0.15) is 49.8 Å². The van der Waals surface area contributed by atoms with E-state index < -0.39 is 107 Å². The van der Waals surface area contributed by atoms with Gasteiger partial charge >= 0.3 is 0 Å². The van der Waals surface area contributed by atoms with Crippen molar-refractivity contribution in [1.82, 2.24) is 37.2 Å². The summed E-state index contributed by atoms with van der Waals surface area (Å²) in [5, 5.41) is 47.9. The standard InChI is InChI=1S/C46H62N10O11S2/c1-46(2)38(56-40(62)31(48)20-27-11-15-29(58)16-12-27)45(67)54-33(22-28-13-17-30(59)18-14-28)41(63)50-23-37(60)51-35(24-57)43(65)53-34(21-26-8-4-3-5-9-26)42(64)55-36(25-68-69-46)44(66)52-32(39(49)61)10-6-7-19-47/h3-5,8-9,11-18,31-36,38,57-59H,6-7,10,19-25,47-48H2,1-2H3,(H2,49,61)(H,50,63)(H,51,60)(H,52,66)(H,53,65)(H,54,67)(H,55,64)(H,56,62)/t31-,32-,33-,34-,35-,36-,38-/m0/s1. The molecular formula is C46H62N10O11S2. The van der Waals surface area contributed by atoms with Crippen molar-refractivity contribution in [2.45, 2.75) is 99.4 Å². The predicted molar refractivity (Wildman–Crippen MR) is 260 cm³/mol. The van der Waals surface area contributed by atoms with Crippen molar-refractivity contribution in [1.29, 1.82) is 0 Å². The number of phenolic OH excluding ortho intramolecular Hbond substituents is 2. The Kier molecular flexibility index (Phi) is 21.6. The van der Waals surface area contributed by atoms with Gasteiger partial charge in [0.1, 0.15) is 47.8 Å². The monoisotopic (exact) mass is 994 g/mol. The van der Waals surface area contributed by atoms with E-state index in [-0.39, 0.29) is 42.9 Å². The zero-order valence-corrected chi connectivity index (χ0v) is 39.9. The molecular weight excluding hydrogens is 933 g/mol. The van der Waals surface area contributed by atoms with Gasteiger partial charge in [0, 0.05) is 23.3 Å². The van der Waals surface area contributed by atoms with Crippen LogP contribution in [0.15, 0.2) is 78.9 Å². The fraction of sp³-hybridized carbons (Fsp3) is 0.435. The first-order valence-corrected chi connectivity index (χ1v) is 24.5. The number of phenols is 2. The number of carbonyl (C=O) groups excluding carboxylic acids is 8. The summed E-state index contributed by atoms with van der Waals surface area (Å²) in [6, 6.07) is 10.7. The van der Waals surface area contributed by atoms with Gasteiger partial charge in [0.2, 0.25) is 47.3 Å². The number of hydrogen-bond donors (Lipinski definition) is 13. The largest absolute Gasteiger partial charge is 0.508 e. The van der Waals surface area contributed by atoms with Crippen molar-refractivity contribution in [3.63, 3.8) is 0 Å². The lowest BCUT2D eigenvalue weighted by Crippen LogP contribution is -2.62. The van der Waals surface area contributed by atoms with Crippen LogP contribution in [0.2, 0.25) is 0 Å². The van der Waals surface area contributed by atoms with Gasteiger partial charge in [-0.3, -0.25) is 38.4 Å². The van der Waals surface area contributed by atoms with Gasteiger partial charge in [0.05, 0.1) is 19.2 Å². The van der Waals surface area contributed by atoms with Crippen molar-refractivity contribution in [3.8, 4) is 11.5 Å². The number of hydrogen-bond acceptors (Lipinski definition) is 15. The van der Waals surface area contributed by atoms with E-state index in [0.29, 0.717) is 36.1 Å². The van der Waals surface area contributed by atoms with E-state index in [1.807, 2.05) is 0 Å². The molecule has 21 nitrogen and oxygen atoms in total. The molecule has 23 heteroatoms. The Morgan fingerprint density at radius 3 is 1.91 bits per heavy atom. The third-order valence-electron chi connectivity index (χ3n) is 10.9. The van der Waals surface area contributed by atoms with Crippen LogP contribution in [-0.4, -0.2) is 135 Å². The summed E-state index contributed by atoms with van der Waals surface area (Å²) >= 11 is 0. The van der Waals surface area contributed by atoms with Crippen LogP contribution in [0.3, 0.4) is 0 Å². The van der Waals surface area contributed by atoms with E-state index in [4.69, 9.17) is 17.2 Å². The van der Waals surface area contributed by atoms with E-state index >= 15 is 0 Å². The molecule has 0 aromatic heterocycles. The third kappa shape index (κ3) is 17.9. The molecule has 3 aromatic carbocycles. The lowest BCUT2D eigenvalue weighted by atomic mass is 9.99. The molecule has 0 aliphatic carbocycles. The average molecular weight is 995 g/mol. The Bertz CT molecular complexity index is 2240. The number of nitrogens with one attached hydrogen (secondary N) is 7. The number of aliphatic hydroxyl groups is 1. The Hall–Kier alpha value is -6.40. The first-order valence-electron chi connectivity index (χ1n) is 22.1. The minimum absolute atomic E-state index is 0.00198. The summed E-state index contributed by atoms with van der Waals surface area (Å²) in [6.07, 6.45) is 0.857. The molecule has 0 saturated carbocycles. The second kappa shape index (κ2) is 27.0. The Morgan fingerprint density at radius 1 is 0.754 bits per heavy atom. The lowest BCUT2D eigenvalue weighted by molar-refractivity contribution is -0.135. The second-order valence-electron chi connectivity index (χ2n) is 16.9. The molecule has 1 heterocycles. The number of primary amides is 1. The molecule has 7 atom stereocenters. The molecule has 0 spiro atoms. The number of aromatic hydroxyl groups is 2. The highest BCUT2D eigenvalue weighted by Gasteiger charge is 2.41. The summed E-state index contributed by atoms with van der Waals surface area (Å²) in [6.45, 7) is 1.89. The molecule has 16 N–H and O–H groups in total. The van der Waals surface area contributed by atoms with Crippen LogP contribution in [0.4, 0.5) is 0 Å². The van der Waals surface area contributed by atoms with Crippen LogP contribution in [0.5, 0.6) is 11.5 Å². The van der Waals surface area contributed by atoms with Gasteiger partial charge in [-0.25, -0.2) is 0 Å². The normalized spacial score (nSPS) is 21.7. The number of benzene rings is 3. The van der Waals surface area contributed by atoms with Gasteiger partial charge in [-0.1, -0.05) is 76.2 Å². The maximum atomic E-state index is 14.6. The number of carbonyl (C=O) groups is 8. The number of rotatable bonds is 16. The first kappa shape index (κ1) is 55.2. The van der Waals surface area contributed by atoms with E-state index in [2.05, 4.69) is 37.2 Å². The molecule has 1 fully saturated rings. The van der Waals surface area contributed by atoms with Gasteiger partial charge in [0.25, 0.3) is 0 Å². The topological polar surface area (TPSA) is 360 Å². The van der Waals surface area contributed by atoms with Crippen LogP contribution in [-0.2, 0) is 57.6 Å². The summed E-state index contributed by atoms with van der Waals surface area (Å²) in [4.78, 5) is 110. The molecule has 1 aliphatic rings. The summed E-state index contributed by atoms with van der Waals surface area (Å²) in [7, 11) is 2.05. The SMILES string of the molecule is CC1(C)SSC[C@@H](C(=O)N[C@@H](CCCCN)C(N)=O)NC(=O)[C@H](Cc2ccccc2)NC(=O)[C@H](CO)NC(=O)CNC(=O)[C@H](Cc2ccc(O)cc2)NC(=O)[C@@H]1NC(=O)[C@@H](N)Cc1ccc(O)cc1. The zero-order chi connectivity index (χ0) is 50.7. The maximum Gasteiger partial charge on any atom is 0.245 e. The zero-order valence-electron chi connectivity index (χ0n) is 38.3. The van der Waals surface area contributed by atoms with Gasteiger partial charge in [-0.15, -0.1) is 0 Å². The van der Waals surface area contributed by atoms with E-state index in [1.165, 1.54) is 36.4 Å². The molecule has 8 amide bonds. The van der Waals surface area contributed by atoms with Crippen molar-refractivity contribution in [2.24, 2.45) is 17.2 Å². The second-order valence-corrected chi connectivity index (χ2v) is 19.9. The van der Waals surface area contributed by atoms with Crippen LogP contribution in [0, 0.1) is 0 Å². The van der Waals surface area contributed by atoms with E-state index in [0.717, 1.165) is 21.6 Å². The number of amides is 8. The molecule has 0 bridgehead atoms. The molecule has 374 valence electrons. The van der Waals surface area contributed by atoms with Crippen LogP contribution >= 0.6 is 21.6 Å². The first-order chi connectivity index (χ1) is 32.8. The van der Waals surface area contributed by atoms with Crippen molar-refractivity contribution >= 4 is 68.8 Å². The number of unbranched alkanes of at least 4 members (excludes halogenated alkanes) is 1. The molecule has 1 aliphatic heterocycles. The minimum Gasteiger partial charge on any atom is -0.508 e. The maximum absolute atomic E-state index is 14.6. The van der Waals surface area contributed by atoms with Crippen molar-refractivity contribution in [2.75, 3.05) is 25.4 Å². The molecule has 4 rings (SSSR count). The molecule has 69 heavy (non-hydrogen) atoms. The molecule has 0 radical (unpaired) electrons. The van der Waals surface area contributed by atoms with Gasteiger partial charge < -0.3 is 69.7 Å². The number of nitrogens with two attached hydrogens (primary N) is 3. The van der Waals surface area contributed by atoms with Gasteiger partial charge in [-0.2, -0.15) is 0 Å². The van der Waals surface area contributed by atoms with Crippen LogP contribution < -0.4 is 54.4 Å². The Labute approximate surface area is 407 Å². The molecule has 3 aromatic rings. The van der Waals surface area contributed by atoms with Gasteiger partial charge in [-0.05, 0) is 87.0 Å². The highest BCUT2D eigenvalue weighted by molar-refractivity contribution is 8.77. The highest BCUT2D eigenvalue weighted by atomic mass is 33.1. The number of aliphatic hydroxyl groups excluding tert-OH is 1. The highest BCUT2D eigenvalue weighted by Crippen LogP contribution is 2.39. The van der Waals surface area contributed by atoms with Crippen molar-refractivity contribution in [3.05, 3.63) is 95.6 Å². The Balaban J connectivity index is 1.76. The third-order valence-corrected chi connectivity index (χ3v) is 14.2. The van der Waals surface area contributed by atoms with Crippen molar-refractivity contribution < 1.29 is 53.7 Å². The average Bonchev–Trinajstić information content (AvgIpc) is 3.31. The van der Waals surface area contributed by atoms with E-state index in [1.54, 1.807) is 56.3 Å². The van der Waals surface area contributed by atoms with Crippen LogP contribution in [0.25, 0.3) is 0 Å². The summed E-state index contributed by atoms with van der Waals surface area (Å²) in [5.41, 5.74) is 19.3. The minimum atomic E-state index is -1.62. The molecule has 0 unspecified atom stereocenters. The summed E-state index contributed by atoms with van der Waals surface area (Å²) < 4.78 is -1.31. The lowest BCUT2D eigenvalue weighted by Gasteiger charge is -2.35. The summed E-state index contributed by atoms with van der Waals surface area (Å²) in [5.74, 6) is -7.17. The smallest absolute Gasteiger partial charge is 0.245 e.